The van der Waals surface area contributed by atoms with Crippen LogP contribution >= 0.6 is 11.3 Å². The number of benzene rings is 1. The van der Waals surface area contributed by atoms with E-state index in [1.807, 2.05) is 0 Å². The molecule has 1 aliphatic heterocycles. The number of nitrogens with zero attached hydrogens (tertiary/aromatic N) is 3. The quantitative estimate of drug-likeness (QED) is 0.815. The zero-order chi connectivity index (χ0) is 17.3. The number of ether oxygens (including phenoxy) is 1. The van der Waals surface area contributed by atoms with Gasteiger partial charge < -0.3 is 4.74 Å². The number of carbonyl (C=O) groups is 3. The lowest BCUT2D eigenvalue weighted by Gasteiger charge is -2.17. The minimum atomic E-state index is -0.702. The van der Waals surface area contributed by atoms with Crippen molar-refractivity contribution < 1.29 is 19.1 Å². The number of hydrogen-bond donors (Lipinski definition) is 1. The Morgan fingerprint density at radius 2 is 2.12 bits per heavy atom. The van der Waals surface area contributed by atoms with E-state index < -0.39 is 17.6 Å². The molecule has 0 saturated carbocycles. The fourth-order valence-corrected chi connectivity index (χ4v) is 3.21. The van der Waals surface area contributed by atoms with Crippen LogP contribution < -0.4 is 10.2 Å². The number of aryl methyl sites for hydroxylation is 1. The third-order valence-corrected chi connectivity index (χ3v) is 4.29. The van der Waals surface area contributed by atoms with Gasteiger partial charge in [-0.1, -0.05) is 23.5 Å². The standard InChI is InChI=1S/C15H14N4O4S/c1-8-4-3-5-9-12(8)19(14(22)13(9)21)6-10(20)16-15-18-17-11(24-15)7-23-2/h3-5H,6-7H2,1-2H3,(H,16,18,20). The summed E-state index contributed by atoms with van der Waals surface area (Å²) in [6, 6.07) is 5.08. The number of amides is 2. The van der Waals surface area contributed by atoms with Crippen LogP contribution in [0.3, 0.4) is 0 Å². The molecule has 0 atom stereocenters. The van der Waals surface area contributed by atoms with Crippen molar-refractivity contribution in [2.75, 3.05) is 23.9 Å². The molecule has 1 aliphatic rings. The van der Waals surface area contributed by atoms with Crippen molar-refractivity contribution in [2.24, 2.45) is 0 Å². The molecule has 0 aliphatic carbocycles. The number of rotatable bonds is 5. The number of aromatic nitrogens is 2. The summed E-state index contributed by atoms with van der Waals surface area (Å²) >= 11 is 1.18. The molecule has 1 N–H and O–H groups in total. The number of Topliss-reactive ketones (excluding diaryl/α,β-unsaturated/α-hetero) is 1. The molecule has 0 bridgehead atoms. The second-order valence-corrected chi connectivity index (χ2v) is 6.24. The van der Waals surface area contributed by atoms with Crippen molar-refractivity contribution in [3.63, 3.8) is 0 Å². The van der Waals surface area contributed by atoms with Gasteiger partial charge in [0.05, 0.1) is 11.3 Å². The topological polar surface area (TPSA) is 101 Å². The predicted molar refractivity (Wildman–Crippen MR) is 87.1 cm³/mol. The van der Waals surface area contributed by atoms with Gasteiger partial charge in [-0.05, 0) is 18.6 Å². The molecule has 0 saturated heterocycles. The Morgan fingerprint density at radius 1 is 1.33 bits per heavy atom. The van der Waals surface area contributed by atoms with Crippen molar-refractivity contribution in [3.05, 3.63) is 34.3 Å². The number of carbonyl (C=O) groups excluding carboxylic acids is 3. The van der Waals surface area contributed by atoms with Crippen LogP contribution in [0.1, 0.15) is 20.9 Å². The lowest BCUT2D eigenvalue weighted by Crippen LogP contribution is -2.37. The summed E-state index contributed by atoms with van der Waals surface area (Å²) in [5.41, 5.74) is 1.57. The zero-order valence-electron chi connectivity index (χ0n) is 13.0. The Kier molecular flexibility index (Phi) is 4.36. The molecular formula is C15H14N4O4S. The van der Waals surface area contributed by atoms with Crippen LogP contribution in [-0.4, -0.2) is 41.4 Å². The highest BCUT2D eigenvalue weighted by molar-refractivity contribution is 7.15. The molecule has 2 heterocycles. The van der Waals surface area contributed by atoms with Crippen molar-refractivity contribution in [2.45, 2.75) is 13.5 Å². The number of nitrogens with one attached hydrogen (secondary N) is 1. The lowest BCUT2D eigenvalue weighted by atomic mass is 10.1. The highest BCUT2D eigenvalue weighted by Gasteiger charge is 2.37. The number of methoxy groups -OCH3 is 1. The maximum atomic E-state index is 12.2. The summed E-state index contributed by atoms with van der Waals surface area (Å²) in [6.45, 7) is 1.83. The van der Waals surface area contributed by atoms with Gasteiger partial charge in [-0.2, -0.15) is 0 Å². The zero-order valence-corrected chi connectivity index (χ0v) is 13.8. The van der Waals surface area contributed by atoms with Gasteiger partial charge in [0.1, 0.15) is 18.2 Å². The predicted octanol–water partition coefficient (Wildman–Crippen LogP) is 1.16. The molecule has 3 rings (SSSR count). The Balaban J connectivity index is 1.75. The molecule has 1 aromatic heterocycles. The number of ketones is 1. The highest BCUT2D eigenvalue weighted by Crippen LogP contribution is 2.32. The Hall–Kier alpha value is -2.65. The number of fused-ring (bicyclic) bond motifs is 1. The molecule has 2 amide bonds. The van der Waals surface area contributed by atoms with Gasteiger partial charge in [-0.3, -0.25) is 24.6 Å². The normalized spacial score (nSPS) is 13.3. The smallest absolute Gasteiger partial charge is 0.299 e. The third kappa shape index (κ3) is 2.91. The molecule has 0 unspecified atom stereocenters. The van der Waals surface area contributed by atoms with Gasteiger partial charge in [0.2, 0.25) is 11.0 Å². The summed E-state index contributed by atoms with van der Waals surface area (Å²) in [6.07, 6.45) is 0. The molecule has 0 radical (unpaired) electrons. The van der Waals surface area contributed by atoms with E-state index >= 15 is 0 Å². The van der Waals surface area contributed by atoms with Gasteiger partial charge in [0.15, 0.2) is 0 Å². The number of hydrogen-bond acceptors (Lipinski definition) is 7. The Bertz CT molecular complexity index is 833. The average Bonchev–Trinajstić information content (AvgIpc) is 3.07. The van der Waals surface area contributed by atoms with Crippen molar-refractivity contribution >= 4 is 39.8 Å². The van der Waals surface area contributed by atoms with E-state index in [-0.39, 0.29) is 6.54 Å². The molecule has 8 nitrogen and oxygen atoms in total. The summed E-state index contributed by atoms with van der Waals surface area (Å²) < 4.78 is 4.94. The van der Waals surface area contributed by atoms with Gasteiger partial charge >= 0.3 is 0 Å². The van der Waals surface area contributed by atoms with Gasteiger partial charge in [0, 0.05) is 7.11 Å². The van der Waals surface area contributed by atoms with Crippen LogP contribution in [0, 0.1) is 6.92 Å². The SMILES string of the molecule is COCc1nnc(NC(=O)CN2C(=O)C(=O)c3cccc(C)c32)s1. The largest absolute Gasteiger partial charge is 0.377 e. The van der Waals surface area contributed by atoms with Gasteiger partial charge in [-0.15, -0.1) is 10.2 Å². The van der Waals surface area contributed by atoms with Crippen LogP contribution in [0.25, 0.3) is 0 Å². The summed E-state index contributed by atoms with van der Waals surface area (Å²) in [5, 5.41) is 11.2. The van der Waals surface area contributed by atoms with E-state index in [0.717, 1.165) is 5.56 Å². The highest BCUT2D eigenvalue weighted by atomic mass is 32.1. The van der Waals surface area contributed by atoms with Crippen LogP contribution in [0.4, 0.5) is 10.8 Å². The molecule has 0 spiro atoms. The van der Waals surface area contributed by atoms with E-state index in [2.05, 4.69) is 15.5 Å². The van der Waals surface area contributed by atoms with Gasteiger partial charge in [-0.25, -0.2) is 0 Å². The van der Waals surface area contributed by atoms with E-state index in [1.54, 1.807) is 25.1 Å². The lowest BCUT2D eigenvalue weighted by molar-refractivity contribution is -0.118. The third-order valence-electron chi connectivity index (χ3n) is 3.47. The Morgan fingerprint density at radius 3 is 2.88 bits per heavy atom. The van der Waals surface area contributed by atoms with Crippen LogP contribution in [0.15, 0.2) is 18.2 Å². The second-order valence-electron chi connectivity index (χ2n) is 5.17. The molecule has 2 aromatic rings. The minimum absolute atomic E-state index is 0.262. The summed E-state index contributed by atoms with van der Waals surface area (Å²) in [4.78, 5) is 37.6. The number of para-hydroxylation sites is 1. The number of anilines is 2. The fraction of sp³-hybridized carbons (Fsp3) is 0.267. The van der Waals surface area contributed by atoms with E-state index in [9.17, 15) is 14.4 Å². The molecule has 0 fully saturated rings. The summed E-state index contributed by atoms with van der Waals surface area (Å²) in [7, 11) is 1.54. The maximum absolute atomic E-state index is 12.2. The van der Waals surface area contributed by atoms with Gasteiger partial charge in [0.25, 0.3) is 11.7 Å². The van der Waals surface area contributed by atoms with Crippen molar-refractivity contribution in [1.82, 2.24) is 10.2 Å². The van der Waals surface area contributed by atoms with E-state index in [0.29, 0.717) is 28.0 Å². The maximum Gasteiger partial charge on any atom is 0.299 e. The average molecular weight is 346 g/mol. The van der Waals surface area contributed by atoms with Crippen LogP contribution in [0.2, 0.25) is 0 Å². The molecule has 1 aromatic carbocycles. The monoisotopic (exact) mass is 346 g/mol. The first-order valence-electron chi connectivity index (χ1n) is 7.08. The van der Waals surface area contributed by atoms with Crippen molar-refractivity contribution in [1.29, 1.82) is 0 Å². The van der Waals surface area contributed by atoms with Crippen LogP contribution in [-0.2, 0) is 20.9 Å². The second kappa shape index (κ2) is 6.46. The minimum Gasteiger partial charge on any atom is -0.377 e. The first-order valence-corrected chi connectivity index (χ1v) is 7.90. The molecule has 24 heavy (non-hydrogen) atoms. The molecule has 9 heteroatoms. The summed E-state index contributed by atoms with van der Waals surface area (Å²) in [5.74, 6) is -1.75. The van der Waals surface area contributed by atoms with E-state index in [1.165, 1.54) is 23.3 Å². The van der Waals surface area contributed by atoms with Crippen LogP contribution in [0.5, 0.6) is 0 Å². The fourth-order valence-electron chi connectivity index (χ4n) is 2.48. The first-order chi connectivity index (χ1) is 11.5. The molecular weight excluding hydrogens is 332 g/mol. The van der Waals surface area contributed by atoms with E-state index in [4.69, 9.17) is 4.74 Å². The Labute approximate surface area is 141 Å². The molecule has 124 valence electrons. The first kappa shape index (κ1) is 16.2. The van der Waals surface area contributed by atoms with Crippen molar-refractivity contribution in [3.8, 4) is 0 Å².